The van der Waals surface area contributed by atoms with Crippen LogP contribution in [0.3, 0.4) is 0 Å². The highest BCUT2D eigenvalue weighted by Gasteiger charge is 2.30. The number of carbonyl (C=O) groups is 3. The first-order chi connectivity index (χ1) is 20.1. The van der Waals surface area contributed by atoms with E-state index in [4.69, 9.17) is 15.2 Å². The normalized spacial score (nSPS) is 12.9. The molecule has 0 aliphatic heterocycles. The van der Waals surface area contributed by atoms with Crippen LogP contribution in [0.2, 0.25) is 0 Å². The molecule has 1 aliphatic carbocycles. The maximum Gasteiger partial charge on any atom is 0.408 e. The Morgan fingerprint density at radius 3 is 2.05 bits per heavy atom. The van der Waals surface area contributed by atoms with Gasteiger partial charge in [-0.05, 0) is 85.0 Å². The van der Waals surface area contributed by atoms with Crippen molar-refractivity contribution in [2.75, 3.05) is 17.7 Å². The van der Waals surface area contributed by atoms with Gasteiger partial charge >= 0.3 is 12.1 Å². The van der Waals surface area contributed by atoms with Crippen molar-refractivity contribution in [3.8, 4) is 11.1 Å². The van der Waals surface area contributed by atoms with Gasteiger partial charge in [0.25, 0.3) is 5.91 Å². The van der Waals surface area contributed by atoms with Crippen molar-refractivity contribution < 1.29 is 23.9 Å². The Morgan fingerprint density at radius 2 is 1.45 bits per heavy atom. The SMILES string of the molecule is CC(C)(C)OC(=O)c1ccc(NC(=O)[C@@H](NC(=O)OCC2c3ccccc3-c3ccccc32)c2cccc(N)c2)cc1. The molecule has 2 amide bonds. The lowest BCUT2D eigenvalue weighted by Gasteiger charge is -2.21. The van der Waals surface area contributed by atoms with E-state index in [1.165, 1.54) is 0 Å². The van der Waals surface area contributed by atoms with E-state index < -0.39 is 29.6 Å². The van der Waals surface area contributed by atoms with Crippen molar-refractivity contribution in [1.82, 2.24) is 5.32 Å². The van der Waals surface area contributed by atoms with Crippen molar-refractivity contribution in [3.05, 3.63) is 119 Å². The number of esters is 1. The predicted octanol–water partition coefficient (Wildman–Crippen LogP) is 6.44. The monoisotopic (exact) mass is 563 g/mol. The maximum atomic E-state index is 13.4. The van der Waals surface area contributed by atoms with Crippen LogP contribution in [0, 0.1) is 0 Å². The molecule has 1 aliphatic rings. The molecule has 8 nitrogen and oxygen atoms in total. The number of ether oxygens (including phenoxy) is 2. The Bertz CT molecular complexity index is 1580. The third kappa shape index (κ3) is 6.44. The third-order valence-corrected chi connectivity index (χ3v) is 6.90. The zero-order valence-electron chi connectivity index (χ0n) is 23.7. The lowest BCUT2D eigenvalue weighted by molar-refractivity contribution is -0.118. The fourth-order valence-corrected chi connectivity index (χ4v) is 5.04. The minimum atomic E-state index is -1.09. The van der Waals surface area contributed by atoms with Crippen molar-refractivity contribution in [1.29, 1.82) is 0 Å². The molecule has 5 rings (SSSR count). The van der Waals surface area contributed by atoms with Gasteiger partial charge in [0.05, 0.1) is 5.56 Å². The third-order valence-electron chi connectivity index (χ3n) is 6.90. The summed E-state index contributed by atoms with van der Waals surface area (Å²) in [4.78, 5) is 38.9. The molecule has 4 aromatic rings. The van der Waals surface area contributed by atoms with Crippen LogP contribution in [0.25, 0.3) is 11.1 Å². The molecular weight excluding hydrogens is 530 g/mol. The average molecular weight is 564 g/mol. The second-order valence-corrected chi connectivity index (χ2v) is 11.1. The summed E-state index contributed by atoms with van der Waals surface area (Å²) in [7, 11) is 0. The van der Waals surface area contributed by atoms with Crippen LogP contribution in [-0.4, -0.2) is 30.2 Å². The van der Waals surface area contributed by atoms with E-state index in [-0.39, 0.29) is 12.5 Å². The number of nitrogens with one attached hydrogen (secondary N) is 2. The van der Waals surface area contributed by atoms with Gasteiger partial charge in [0.2, 0.25) is 0 Å². The lowest BCUT2D eigenvalue weighted by atomic mass is 9.98. The van der Waals surface area contributed by atoms with Gasteiger partial charge in [-0.1, -0.05) is 60.7 Å². The van der Waals surface area contributed by atoms with Gasteiger partial charge in [-0.15, -0.1) is 0 Å². The van der Waals surface area contributed by atoms with E-state index in [0.29, 0.717) is 22.5 Å². The summed E-state index contributed by atoms with van der Waals surface area (Å²) in [5, 5.41) is 5.51. The molecule has 8 heteroatoms. The molecule has 4 N–H and O–H groups in total. The number of benzene rings is 4. The fraction of sp³-hybridized carbons (Fsp3) is 0.206. The number of nitrogen functional groups attached to an aromatic ring is 1. The number of nitrogens with two attached hydrogens (primary N) is 1. The first-order valence-corrected chi connectivity index (χ1v) is 13.7. The van der Waals surface area contributed by atoms with E-state index in [0.717, 1.165) is 22.3 Å². The zero-order chi connectivity index (χ0) is 29.9. The van der Waals surface area contributed by atoms with Crippen LogP contribution in [0.5, 0.6) is 0 Å². The van der Waals surface area contributed by atoms with E-state index in [1.54, 1.807) is 69.3 Å². The van der Waals surface area contributed by atoms with Gasteiger partial charge in [-0.3, -0.25) is 4.79 Å². The number of alkyl carbamates (subject to hydrolysis) is 1. The van der Waals surface area contributed by atoms with Crippen LogP contribution < -0.4 is 16.4 Å². The van der Waals surface area contributed by atoms with Crippen molar-refractivity contribution in [2.45, 2.75) is 38.3 Å². The lowest BCUT2D eigenvalue weighted by Crippen LogP contribution is -2.37. The van der Waals surface area contributed by atoms with Crippen LogP contribution >= 0.6 is 0 Å². The number of fused-ring (bicyclic) bond motifs is 3. The Balaban J connectivity index is 1.29. The van der Waals surface area contributed by atoms with Gasteiger partial charge in [-0.2, -0.15) is 0 Å². The molecule has 42 heavy (non-hydrogen) atoms. The summed E-state index contributed by atoms with van der Waals surface area (Å²) < 4.78 is 11.1. The fourth-order valence-electron chi connectivity index (χ4n) is 5.04. The van der Waals surface area contributed by atoms with Crippen molar-refractivity contribution >= 4 is 29.3 Å². The summed E-state index contributed by atoms with van der Waals surface area (Å²) in [6.07, 6.45) is -0.736. The van der Waals surface area contributed by atoms with Crippen LogP contribution in [0.15, 0.2) is 97.1 Å². The number of anilines is 2. The number of amides is 2. The standard InChI is InChI=1S/C34H33N3O5/c1-34(2,3)42-32(39)21-15-17-24(18-16-21)36-31(38)30(22-9-8-10-23(35)19-22)37-33(40)41-20-29-27-13-6-4-11-25(27)26-12-5-7-14-28(26)29/h4-19,29-30H,20,35H2,1-3H3,(H,36,38)(H,37,40)/t30-/m0/s1. The number of rotatable bonds is 7. The van der Waals surface area contributed by atoms with E-state index in [2.05, 4.69) is 22.8 Å². The highest BCUT2D eigenvalue weighted by Crippen LogP contribution is 2.44. The number of hydrogen-bond donors (Lipinski definition) is 3. The second-order valence-electron chi connectivity index (χ2n) is 11.1. The summed E-state index contributed by atoms with van der Waals surface area (Å²) >= 11 is 0. The molecular formula is C34H33N3O5. The number of carbonyl (C=O) groups excluding carboxylic acids is 3. The minimum absolute atomic E-state index is 0.108. The summed E-state index contributed by atoms with van der Waals surface area (Å²) in [6.45, 7) is 5.48. The number of hydrogen-bond acceptors (Lipinski definition) is 6. The van der Waals surface area contributed by atoms with Crippen LogP contribution in [-0.2, 0) is 14.3 Å². The molecule has 0 bridgehead atoms. The van der Waals surface area contributed by atoms with Gasteiger partial charge in [-0.25, -0.2) is 9.59 Å². The summed E-state index contributed by atoms with van der Waals surface area (Å²) in [5.41, 5.74) is 11.5. The van der Waals surface area contributed by atoms with E-state index in [1.807, 2.05) is 36.4 Å². The molecule has 0 saturated heterocycles. The van der Waals surface area contributed by atoms with Gasteiger partial charge in [0, 0.05) is 17.3 Å². The molecule has 0 fully saturated rings. The zero-order valence-corrected chi connectivity index (χ0v) is 23.7. The van der Waals surface area contributed by atoms with E-state index >= 15 is 0 Å². The molecule has 0 spiro atoms. The molecule has 1 atom stereocenters. The molecule has 4 aromatic carbocycles. The van der Waals surface area contributed by atoms with Crippen molar-refractivity contribution in [2.24, 2.45) is 0 Å². The molecule has 0 heterocycles. The molecule has 0 unspecified atom stereocenters. The topological polar surface area (TPSA) is 120 Å². The molecule has 0 saturated carbocycles. The minimum Gasteiger partial charge on any atom is -0.456 e. The first kappa shape index (κ1) is 28.4. The molecule has 214 valence electrons. The van der Waals surface area contributed by atoms with Gasteiger partial charge in [0.1, 0.15) is 18.2 Å². The van der Waals surface area contributed by atoms with E-state index in [9.17, 15) is 14.4 Å². The Morgan fingerprint density at radius 1 is 0.833 bits per heavy atom. The van der Waals surface area contributed by atoms with Gasteiger partial charge in [0.15, 0.2) is 0 Å². The smallest absolute Gasteiger partial charge is 0.408 e. The second kappa shape index (κ2) is 11.8. The highest BCUT2D eigenvalue weighted by atomic mass is 16.6. The van der Waals surface area contributed by atoms with Gasteiger partial charge < -0.3 is 25.8 Å². The quantitative estimate of drug-likeness (QED) is 0.176. The average Bonchev–Trinajstić information content (AvgIpc) is 3.28. The summed E-state index contributed by atoms with van der Waals surface area (Å²) in [6, 6.07) is 28.1. The Kier molecular flexibility index (Phi) is 7.97. The Labute approximate surface area is 244 Å². The Hall–Kier alpha value is -5.11. The van der Waals surface area contributed by atoms with Crippen LogP contribution in [0.1, 0.15) is 59.8 Å². The summed E-state index contributed by atoms with van der Waals surface area (Å²) in [5.74, 6) is -1.08. The predicted molar refractivity (Wildman–Crippen MR) is 162 cm³/mol. The first-order valence-electron chi connectivity index (χ1n) is 13.7. The van der Waals surface area contributed by atoms with Crippen molar-refractivity contribution in [3.63, 3.8) is 0 Å². The highest BCUT2D eigenvalue weighted by molar-refractivity contribution is 5.98. The molecule has 0 aromatic heterocycles. The molecule has 0 radical (unpaired) electrons. The maximum absolute atomic E-state index is 13.4. The van der Waals surface area contributed by atoms with Crippen LogP contribution in [0.4, 0.5) is 16.2 Å². The largest absolute Gasteiger partial charge is 0.456 e.